The maximum absolute atomic E-state index is 6.10. The van der Waals surface area contributed by atoms with Crippen LogP contribution >= 0.6 is 11.6 Å². The first-order valence-electron chi connectivity index (χ1n) is 7.66. The van der Waals surface area contributed by atoms with Crippen LogP contribution < -0.4 is 0 Å². The number of furan rings is 2. The Hall–Kier alpha value is -3.18. The molecule has 0 aliphatic carbocycles. The second-order valence-corrected chi connectivity index (χ2v) is 5.89. The molecular weight excluding hydrogens is 338 g/mol. The molecule has 0 spiro atoms. The third-order valence-electron chi connectivity index (χ3n) is 3.90. The minimum absolute atomic E-state index is 0.0842. The molecule has 0 unspecified atom stereocenters. The fraction of sp³-hybridized carbons (Fsp3) is 0. The number of nitrogens with zero attached hydrogens (tertiary/aromatic N) is 3. The molecule has 5 nitrogen and oxygen atoms in total. The number of benzene rings is 2. The molecule has 0 bridgehead atoms. The third kappa shape index (κ3) is 2.45. The summed E-state index contributed by atoms with van der Waals surface area (Å²) in [6.07, 6.45) is 0. The summed E-state index contributed by atoms with van der Waals surface area (Å²) in [4.78, 5) is 12.8. The third-order valence-corrected chi connectivity index (χ3v) is 4.07. The van der Waals surface area contributed by atoms with Gasteiger partial charge in [-0.15, -0.1) is 0 Å². The predicted molar refractivity (Wildman–Crippen MR) is 95.3 cm³/mol. The number of fused-ring (bicyclic) bond motifs is 2. The minimum atomic E-state index is 0.0842. The number of aromatic nitrogens is 3. The normalized spacial score (nSPS) is 11.4. The summed E-state index contributed by atoms with van der Waals surface area (Å²) >= 11 is 6.10. The van der Waals surface area contributed by atoms with E-state index in [1.165, 1.54) is 0 Å². The summed E-state index contributed by atoms with van der Waals surface area (Å²) in [5.41, 5.74) is 1.53. The molecule has 0 fully saturated rings. The lowest BCUT2D eigenvalue weighted by Gasteiger charge is -1.99. The van der Waals surface area contributed by atoms with E-state index < -0.39 is 0 Å². The van der Waals surface area contributed by atoms with Gasteiger partial charge in [-0.2, -0.15) is 9.97 Å². The van der Waals surface area contributed by atoms with Crippen molar-refractivity contribution >= 4 is 33.5 Å². The van der Waals surface area contributed by atoms with Crippen LogP contribution in [0.4, 0.5) is 0 Å². The van der Waals surface area contributed by atoms with Crippen LogP contribution in [0.1, 0.15) is 0 Å². The first-order valence-corrected chi connectivity index (χ1v) is 8.03. The molecule has 3 heterocycles. The van der Waals surface area contributed by atoms with Crippen LogP contribution in [0.2, 0.25) is 5.28 Å². The zero-order valence-corrected chi connectivity index (χ0v) is 13.6. The van der Waals surface area contributed by atoms with Crippen molar-refractivity contribution in [3.8, 4) is 23.2 Å². The van der Waals surface area contributed by atoms with Crippen molar-refractivity contribution in [2.45, 2.75) is 0 Å². The van der Waals surface area contributed by atoms with E-state index in [4.69, 9.17) is 20.4 Å². The number of hydrogen-bond acceptors (Lipinski definition) is 5. The van der Waals surface area contributed by atoms with Gasteiger partial charge in [0, 0.05) is 10.8 Å². The number of hydrogen-bond donors (Lipinski definition) is 0. The lowest BCUT2D eigenvalue weighted by atomic mass is 10.2. The monoisotopic (exact) mass is 347 g/mol. The van der Waals surface area contributed by atoms with E-state index in [-0.39, 0.29) is 5.28 Å². The van der Waals surface area contributed by atoms with E-state index >= 15 is 0 Å². The number of halogens is 1. The van der Waals surface area contributed by atoms with Crippen LogP contribution in [-0.4, -0.2) is 15.0 Å². The SMILES string of the molecule is Clc1nc(-c2cc3ccccc3o2)nc(-c2cc3ccccc3o2)n1. The molecule has 0 N–H and O–H groups in total. The summed E-state index contributed by atoms with van der Waals surface area (Å²) in [5, 5.41) is 2.03. The molecule has 0 saturated heterocycles. The molecule has 25 heavy (non-hydrogen) atoms. The summed E-state index contributed by atoms with van der Waals surface area (Å²) < 4.78 is 11.6. The molecule has 0 amide bonds. The Morgan fingerprint density at radius 2 is 1.12 bits per heavy atom. The van der Waals surface area contributed by atoms with Crippen LogP contribution in [0, 0.1) is 0 Å². The molecule has 2 aromatic carbocycles. The lowest BCUT2D eigenvalue weighted by molar-refractivity contribution is 0.617. The quantitative estimate of drug-likeness (QED) is 0.430. The zero-order valence-electron chi connectivity index (χ0n) is 12.8. The first-order chi connectivity index (χ1) is 12.3. The first kappa shape index (κ1) is 14.2. The van der Waals surface area contributed by atoms with Crippen molar-refractivity contribution in [1.82, 2.24) is 15.0 Å². The minimum Gasteiger partial charge on any atom is -0.453 e. The molecule has 0 saturated carbocycles. The molecule has 0 radical (unpaired) electrons. The second-order valence-electron chi connectivity index (χ2n) is 5.55. The summed E-state index contributed by atoms with van der Waals surface area (Å²) in [6.45, 7) is 0. The molecule has 3 aromatic heterocycles. The highest BCUT2D eigenvalue weighted by Gasteiger charge is 2.15. The maximum Gasteiger partial charge on any atom is 0.226 e. The van der Waals surface area contributed by atoms with Gasteiger partial charge in [0.05, 0.1) is 0 Å². The summed E-state index contributed by atoms with van der Waals surface area (Å²) in [7, 11) is 0. The van der Waals surface area contributed by atoms with Gasteiger partial charge in [-0.1, -0.05) is 36.4 Å². The van der Waals surface area contributed by atoms with E-state index in [0.29, 0.717) is 23.2 Å². The van der Waals surface area contributed by atoms with Crippen molar-refractivity contribution in [2.75, 3.05) is 0 Å². The van der Waals surface area contributed by atoms with E-state index in [2.05, 4.69) is 15.0 Å². The van der Waals surface area contributed by atoms with Crippen LogP contribution in [0.3, 0.4) is 0 Å². The van der Waals surface area contributed by atoms with Gasteiger partial charge >= 0.3 is 0 Å². The maximum atomic E-state index is 6.10. The van der Waals surface area contributed by atoms with Gasteiger partial charge in [-0.25, -0.2) is 4.98 Å². The van der Waals surface area contributed by atoms with E-state index in [1.54, 1.807) is 0 Å². The van der Waals surface area contributed by atoms with Crippen molar-refractivity contribution in [3.05, 3.63) is 65.9 Å². The molecule has 0 atom stereocenters. The molecular formula is C19H10ClN3O2. The van der Waals surface area contributed by atoms with E-state index in [1.807, 2.05) is 60.7 Å². The Bertz CT molecular complexity index is 1070. The predicted octanol–water partition coefficient (Wildman–Crippen LogP) is 5.35. The number of rotatable bonds is 2. The fourth-order valence-electron chi connectivity index (χ4n) is 2.75. The Kier molecular flexibility index (Phi) is 3.08. The topological polar surface area (TPSA) is 65.0 Å². The molecule has 120 valence electrons. The Balaban J connectivity index is 1.66. The number of para-hydroxylation sites is 2. The molecule has 5 rings (SSSR count). The standard InChI is InChI=1S/C19H10ClN3O2/c20-19-22-17(15-9-11-5-1-3-7-13(11)24-15)21-18(23-19)16-10-12-6-2-4-8-14(12)25-16/h1-10H. The van der Waals surface area contributed by atoms with E-state index in [9.17, 15) is 0 Å². The van der Waals surface area contributed by atoms with Crippen molar-refractivity contribution < 1.29 is 8.83 Å². The average molecular weight is 348 g/mol. The summed E-state index contributed by atoms with van der Waals surface area (Å²) in [6, 6.07) is 19.2. The highest BCUT2D eigenvalue weighted by molar-refractivity contribution is 6.28. The smallest absolute Gasteiger partial charge is 0.226 e. The van der Waals surface area contributed by atoms with E-state index in [0.717, 1.165) is 21.9 Å². The Morgan fingerprint density at radius 1 is 0.640 bits per heavy atom. The highest BCUT2D eigenvalue weighted by Crippen LogP contribution is 2.29. The Labute approximate surface area is 146 Å². The van der Waals surface area contributed by atoms with Crippen LogP contribution in [-0.2, 0) is 0 Å². The summed E-state index contributed by atoms with van der Waals surface area (Å²) in [5.74, 6) is 1.80. The van der Waals surface area contributed by atoms with Crippen LogP contribution in [0.25, 0.3) is 45.1 Å². The largest absolute Gasteiger partial charge is 0.453 e. The van der Waals surface area contributed by atoms with Gasteiger partial charge < -0.3 is 8.83 Å². The van der Waals surface area contributed by atoms with Crippen LogP contribution in [0.5, 0.6) is 0 Å². The molecule has 5 aromatic rings. The van der Waals surface area contributed by atoms with Gasteiger partial charge in [0.2, 0.25) is 16.9 Å². The lowest BCUT2D eigenvalue weighted by Crippen LogP contribution is -1.95. The Morgan fingerprint density at radius 3 is 1.60 bits per heavy atom. The highest BCUT2D eigenvalue weighted by atomic mass is 35.5. The van der Waals surface area contributed by atoms with Crippen molar-refractivity contribution in [1.29, 1.82) is 0 Å². The zero-order chi connectivity index (χ0) is 16.8. The van der Waals surface area contributed by atoms with Crippen molar-refractivity contribution in [3.63, 3.8) is 0 Å². The van der Waals surface area contributed by atoms with Crippen LogP contribution in [0.15, 0.2) is 69.5 Å². The molecule has 0 aliphatic heterocycles. The second kappa shape index (κ2) is 5.43. The van der Waals surface area contributed by atoms with Gasteiger partial charge in [-0.05, 0) is 35.9 Å². The van der Waals surface area contributed by atoms with Gasteiger partial charge in [-0.3, -0.25) is 0 Å². The average Bonchev–Trinajstić information content (AvgIpc) is 3.25. The fourth-order valence-corrected chi connectivity index (χ4v) is 2.91. The van der Waals surface area contributed by atoms with Crippen molar-refractivity contribution in [2.24, 2.45) is 0 Å². The van der Waals surface area contributed by atoms with Gasteiger partial charge in [0.25, 0.3) is 0 Å². The molecule has 6 heteroatoms. The van der Waals surface area contributed by atoms with Gasteiger partial charge in [0.1, 0.15) is 11.2 Å². The molecule has 0 aliphatic rings. The van der Waals surface area contributed by atoms with Gasteiger partial charge in [0.15, 0.2) is 11.5 Å².